The number of carbonyl (C=O) groups excluding carboxylic acids is 1. The predicted octanol–water partition coefficient (Wildman–Crippen LogP) is 1.92. The molecule has 0 atom stereocenters. The second kappa shape index (κ2) is 6.59. The highest BCUT2D eigenvalue weighted by atomic mass is 19.1. The molecule has 4 nitrogen and oxygen atoms in total. The van der Waals surface area contributed by atoms with E-state index in [2.05, 4.69) is 22.1 Å². The maximum absolute atomic E-state index is 13.7. The molecule has 0 aliphatic rings. The van der Waals surface area contributed by atoms with Crippen LogP contribution >= 0.6 is 0 Å². The van der Waals surface area contributed by atoms with Gasteiger partial charge in [-0.1, -0.05) is 11.8 Å². The van der Waals surface area contributed by atoms with E-state index in [1.54, 1.807) is 0 Å². The van der Waals surface area contributed by atoms with E-state index < -0.39 is 17.5 Å². The minimum atomic E-state index is -0.624. The highest BCUT2D eigenvalue weighted by Crippen LogP contribution is 2.15. The van der Waals surface area contributed by atoms with E-state index in [0.29, 0.717) is 0 Å². The lowest BCUT2D eigenvalue weighted by Crippen LogP contribution is -2.12. The molecule has 0 spiro atoms. The lowest BCUT2D eigenvalue weighted by Gasteiger charge is -2.06. The molecule has 1 amide bonds. The van der Waals surface area contributed by atoms with E-state index in [9.17, 15) is 13.6 Å². The molecule has 106 valence electrons. The van der Waals surface area contributed by atoms with Gasteiger partial charge in [-0.25, -0.2) is 8.78 Å². The first-order chi connectivity index (χ1) is 10.1. The Labute approximate surface area is 120 Å². The first-order valence-electron chi connectivity index (χ1n) is 6.00. The van der Waals surface area contributed by atoms with Gasteiger partial charge in [0.15, 0.2) is 0 Å². The Hall–Kier alpha value is -2.78. The monoisotopic (exact) mass is 287 g/mol. The molecule has 2 rings (SSSR count). The summed E-state index contributed by atoms with van der Waals surface area (Å²) in [5, 5.41) is 2.45. The summed E-state index contributed by atoms with van der Waals surface area (Å²) in [7, 11) is 0. The van der Waals surface area contributed by atoms with E-state index >= 15 is 0 Å². The summed E-state index contributed by atoms with van der Waals surface area (Å²) in [6.07, 6.45) is 2.21. The number of hydrogen-bond donors (Lipinski definition) is 2. The molecule has 0 saturated heterocycles. The van der Waals surface area contributed by atoms with E-state index in [-0.39, 0.29) is 23.4 Å². The van der Waals surface area contributed by atoms with Crippen molar-refractivity contribution in [3.05, 3.63) is 59.4 Å². The zero-order valence-electron chi connectivity index (χ0n) is 10.9. The van der Waals surface area contributed by atoms with Gasteiger partial charge in [0.1, 0.15) is 11.6 Å². The highest BCUT2D eigenvalue weighted by molar-refractivity contribution is 6.04. The van der Waals surface area contributed by atoms with Crippen molar-refractivity contribution in [2.45, 2.75) is 0 Å². The molecular formula is C15H11F2N3O. The van der Waals surface area contributed by atoms with Crippen LogP contribution in [0.15, 0.2) is 36.7 Å². The van der Waals surface area contributed by atoms with Gasteiger partial charge >= 0.3 is 0 Å². The van der Waals surface area contributed by atoms with Crippen molar-refractivity contribution in [3.63, 3.8) is 0 Å². The van der Waals surface area contributed by atoms with E-state index in [1.807, 2.05) is 0 Å². The van der Waals surface area contributed by atoms with Crippen molar-refractivity contribution in [2.75, 3.05) is 11.9 Å². The first-order valence-corrected chi connectivity index (χ1v) is 6.00. The molecule has 2 aromatic rings. The number of nitrogens with zero attached hydrogens (tertiary/aromatic N) is 1. The zero-order valence-corrected chi connectivity index (χ0v) is 10.9. The quantitative estimate of drug-likeness (QED) is 0.829. The number of aromatic nitrogens is 1. The fourth-order valence-corrected chi connectivity index (χ4v) is 1.58. The van der Waals surface area contributed by atoms with Gasteiger partial charge in [-0.2, -0.15) is 0 Å². The maximum Gasteiger partial charge on any atom is 0.257 e. The van der Waals surface area contributed by atoms with Gasteiger partial charge in [-0.3, -0.25) is 9.78 Å². The molecule has 0 unspecified atom stereocenters. The Balaban J connectivity index is 2.17. The lowest BCUT2D eigenvalue weighted by molar-refractivity contribution is 0.102. The number of rotatable bonds is 2. The van der Waals surface area contributed by atoms with Crippen molar-refractivity contribution >= 4 is 11.6 Å². The highest BCUT2D eigenvalue weighted by Gasteiger charge is 2.09. The number of benzene rings is 1. The number of halogens is 2. The second-order valence-electron chi connectivity index (χ2n) is 4.05. The van der Waals surface area contributed by atoms with Crippen molar-refractivity contribution in [2.24, 2.45) is 5.73 Å². The van der Waals surface area contributed by atoms with Gasteiger partial charge in [-0.05, 0) is 24.3 Å². The van der Waals surface area contributed by atoms with Crippen LogP contribution in [0.5, 0.6) is 0 Å². The number of nitrogens with two attached hydrogens (primary N) is 1. The summed E-state index contributed by atoms with van der Waals surface area (Å²) >= 11 is 0. The first kappa shape index (κ1) is 14.6. The minimum Gasteiger partial charge on any atom is -0.322 e. The summed E-state index contributed by atoms with van der Waals surface area (Å²) in [5.74, 6) is 3.33. The van der Waals surface area contributed by atoms with Crippen molar-refractivity contribution < 1.29 is 13.6 Å². The predicted molar refractivity (Wildman–Crippen MR) is 74.5 cm³/mol. The molecular weight excluding hydrogens is 276 g/mol. The zero-order chi connectivity index (χ0) is 15.2. The topological polar surface area (TPSA) is 68.0 Å². The normalized spacial score (nSPS) is 9.67. The van der Waals surface area contributed by atoms with Gasteiger partial charge in [0.05, 0.1) is 23.9 Å². The second-order valence-corrected chi connectivity index (χ2v) is 4.05. The van der Waals surface area contributed by atoms with Gasteiger partial charge in [0.2, 0.25) is 0 Å². The Kier molecular flexibility index (Phi) is 4.59. The van der Waals surface area contributed by atoms with E-state index in [1.165, 1.54) is 18.3 Å². The number of hydrogen-bond acceptors (Lipinski definition) is 3. The molecule has 0 aliphatic heterocycles. The van der Waals surface area contributed by atoms with E-state index in [0.717, 1.165) is 18.3 Å². The number of amides is 1. The van der Waals surface area contributed by atoms with Gasteiger partial charge in [0, 0.05) is 11.9 Å². The summed E-state index contributed by atoms with van der Waals surface area (Å²) in [4.78, 5) is 15.4. The van der Waals surface area contributed by atoms with Crippen LogP contribution in [0, 0.1) is 23.5 Å². The van der Waals surface area contributed by atoms with Crippen LogP contribution in [0.3, 0.4) is 0 Å². The van der Waals surface area contributed by atoms with Crippen LogP contribution in [0.25, 0.3) is 0 Å². The smallest absolute Gasteiger partial charge is 0.257 e. The maximum atomic E-state index is 13.7. The molecule has 1 heterocycles. The average Bonchev–Trinajstić information content (AvgIpc) is 2.46. The van der Waals surface area contributed by atoms with Gasteiger partial charge in [0.25, 0.3) is 5.91 Å². The largest absolute Gasteiger partial charge is 0.322 e. The number of pyridine rings is 1. The van der Waals surface area contributed by atoms with Crippen LogP contribution in [-0.2, 0) is 0 Å². The van der Waals surface area contributed by atoms with Crippen molar-refractivity contribution in [1.82, 2.24) is 4.98 Å². The molecule has 0 radical (unpaired) electrons. The van der Waals surface area contributed by atoms with Crippen molar-refractivity contribution in [1.29, 1.82) is 0 Å². The number of anilines is 1. The number of nitrogens with one attached hydrogen (secondary N) is 1. The summed E-state index contributed by atoms with van der Waals surface area (Å²) in [5.41, 5.74) is 5.68. The molecule has 1 aromatic carbocycles. The molecule has 0 fully saturated rings. The third-order valence-corrected chi connectivity index (χ3v) is 2.52. The molecule has 1 aromatic heterocycles. The van der Waals surface area contributed by atoms with Crippen LogP contribution in [0.4, 0.5) is 14.5 Å². The van der Waals surface area contributed by atoms with Gasteiger partial charge in [-0.15, -0.1) is 0 Å². The molecule has 6 heteroatoms. The minimum absolute atomic E-state index is 0.0439. The lowest BCUT2D eigenvalue weighted by atomic mass is 10.2. The number of carbonyl (C=O) groups is 1. The van der Waals surface area contributed by atoms with Crippen molar-refractivity contribution in [3.8, 4) is 11.8 Å². The Morgan fingerprint density at radius 1 is 1.29 bits per heavy atom. The third-order valence-electron chi connectivity index (χ3n) is 2.52. The van der Waals surface area contributed by atoms with Crippen LogP contribution in [0.2, 0.25) is 0 Å². The molecule has 3 N–H and O–H groups in total. The fraction of sp³-hybridized carbons (Fsp3) is 0.0667. The van der Waals surface area contributed by atoms with Gasteiger partial charge < -0.3 is 11.1 Å². The molecule has 0 saturated carbocycles. The molecule has 0 aliphatic carbocycles. The Bertz CT molecular complexity index is 735. The van der Waals surface area contributed by atoms with Crippen LogP contribution < -0.4 is 11.1 Å². The third kappa shape index (κ3) is 3.84. The van der Waals surface area contributed by atoms with E-state index in [4.69, 9.17) is 5.73 Å². The SMILES string of the molecule is NCC#Cc1ccc(NC(=O)c2cncc(F)c2)cc1F. The summed E-state index contributed by atoms with van der Waals surface area (Å²) < 4.78 is 26.7. The summed E-state index contributed by atoms with van der Waals surface area (Å²) in [6, 6.07) is 5.09. The molecule has 21 heavy (non-hydrogen) atoms. The van der Waals surface area contributed by atoms with Crippen LogP contribution in [0.1, 0.15) is 15.9 Å². The standard InChI is InChI=1S/C15H11F2N3O/c16-12-6-11(8-19-9-12)15(21)20-13-4-3-10(2-1-5-18)14(17)7-13/h3-4,6-9H,5,18H2,(H,20,21). The Morgan fingerprint density at radius 3 is 2.76 bits per heavy atom. The average molecular weight is 287 g/mol. The fourth-order valence-electron chi connectivity index (χ4n) is 1.58. The summed E-state index contributed by atoms with van der Waals surface area (Å²) in [6.45, 7) is 0.129. The Morgan fingerprint density at radius 2 is 2.10 bits per heavy atom. The molecule has 0 bridgehead atoms. The van der Waals surface area contributed by atoms with Crippen LogP contribution in [-0.4, -0.2) is 17.4 Å².